The number of imidazole rings is 1. The van der Waals surface area contributed by atoms with E-state index in [2.05, 4.69) is 20.3 Å². The fraction of sp³-hybridized carbons (Fsp3) is 0.0526. The third kappa shape index (κ3) is 2.90. The third-order valence-corrected chi connectivity index (χ3v) is 4.05. The van der Waals surface area contributed by atoms with Gasteiger partial charge in [0.15, 0.2) is 0 Å². The highest BCUT2D eigenvalue weighted by Crippen LogP contribution is 2.25. The van der Waals surface area contributed by atoms with Crippen LogP contribution < -0.4 is 5.32 Å². The van der Waals surface area contributed by atoms with E-state index in [0.29, 0.717) is 11.2 Å². The zero-order valence-electron chi connectivity index (χ0n) is 13.8. The van der Waals surface area contributed by atoms with Gasteiger partial charge < -0.3 is 9.72 Å². The number of hydrogen-bond donors (Lipinski definition) is 1. The van der Waals surface area contributed by atoms with E-state index in [1.807, 2.05) is 19.2 Å². The average molecular weight is 347 g/mol. The van der Waals surface area contributed by atoms with Crippen molar-refractivity contribution in [2.75, 3.05) is 5.32 Å². The summed E-state index contributed by atoms with van der Waals surface area (Å²) >= 11 is 0. The van der Waals surface area contributed by atoms with E-state index in [4.69, 9.17) is 0 Å². The molecule has 0 bridgehead atoms. The van der Waals surface area contributed by atoms with E-state index >= 15 is 0 Å². The predicted octanol–water partition coefficient (Wildman–Crippen LogP) is 3.49. The molecule has 4 aromatic rings. The molecule has 0 aliphatic rings. The molecule has 0 aliphatic heterocycles. The summed E-state index contributed by atoms with van der Waals surface area (Å²) in [5.41, 5.74) is 3.73. The average Bonchev–Trinajstić information content (AvgIpc) is 3.11. The molecule has 0 unspecified atom stereocenters. The molecule has 26 heavy (non-hydrogen) atoms. The second kappa shape index (κ2) is 6.36. The van der Waals surface area contributed by atoms with Gasteiger partial charge >= 0.3 is 0 Å². The van der Waals surface area contributed by atoms with E-state index in [0.717, 1.165) is 22.9 Å². The highest BCUT2D eigenvalue weighted by atomic mass is 19.1. The first-order chi connectivity index (χ1) is 12.6. The van der Waals surface area contributed by atoms with Crippen LogP contribution >= 0.6 is 0 Å². The van der Waals surface area contributed by atoms with Gasteiger partial charge in [-0.2, -0.15) is 0 Å². The molecule has 0 aliphatic carbocycles. The number of hydrogen-bond acceptors (Lipinski definition) is 4. The lowest BCUT2D eigenvalue weighted by atomic mass is 10.0. The van der Waals surface area contributed by atoms with Gasteiger partial charge in [0.05, 0.1) is 11.8 Å². The van der Waals surface area contributed by atoms with Crippen molar-refractivity contribution in [2.24, 2.45) is 0 Å². The minimum atomic E-state index is -0.465. The molecular weight excluding hydrogens is 333 g/mol. The Morgan fingerprint density at radius 1 is 1.15 bits per heavy atom. The Balaban J connectivity index is 1.78. The Labute approximate surface area is 148 Å². The van der Waals surface area contributed by atoms with Gasteiger partial charge in [-0.15, -0.1) is 0 Å². The molecule has 0 aromatic carbocycles. The molecule has 0 fully saturated rings. The smallest absolute Gasteiger partial charge is 0.260 e. The quantitative estimate of drug-likeness (QED) is 0.616. The van der Waals surface area contributed by atoms with Crippen molar-refractivity contribution in [1.82, 2.24) is 19.4 Å². The highest BCUT2D eigenvalue weighted by molar-refractivity contribution is 6.08. The standard InChI is InChI=1S/C19H14FN5O/c1-12-4-5-21-10-16(12)13-8-15(18-22-6-7-25(18)11-13)19(26)24-17-3-2-14(20)9-23-17/h2-11H,1H3,(H,23,24,26). The second-order valence-electron chi connectivity index (χ2n) is 5.81. The van der Waals surface area contributed by atoms with E-state index in [-0.39, 0.29) is 11.7 Å². The lowest BCUT2D eigenvalue weighted by molar-refractivity contribution is 0.102. The van der Waals surface area contributed by atoms with Gasteiger partial charge in [-0.1, -0.05) is 0 Å². The van der Waals surface area contributed by atoms with Gasteiger partial charge in [0, 0.05) is 42.1 Å². The Bertz CT molecular complexity index is 1100. The van der Waals surface area contributed by atoms with Crippen LogP contribution in [0.5, 0.6) is 0 Å². The number of anilines is 1. The molecule has 0 atom stereocenters. The summed E-state index contributed by atoms with van der Waals surface area (Å²) in [6.07, 6.45) is 9.84. The summed E-state index contributed by atoms with van der Waals surface area (Å²) in [5.74, 6) is -0.569. The maximum absolute atomic E-state index is 13.0. The van der Waals surface area contributed by atoms with Crippen LogP contribution in [0.1, 0.15) is 15.9 Å². The van der Waals surface area contributed by atoms with Crippen molar-refractivity contribution in [1.29, 1.82) is 0 Å². The summed E-state index contributed by atoms with van der Waals surface area (Å²) in [4.78, 5) is 25.1. The fourth-order valence-electron chi connectivity index (χ4n) is 2.75. The Hall–Kier alpha value is -3.61. The summed E-state index contributed by atoms with van der Waals surface area (Å²) in [7, 11) is 0. The lowest BCUT2D eigenvalue weighted by Gasteiger charge is -2.10. The first kappa shape index (κ1) is 15.9. The summed E-state index contributed by atoms with van der Waals surface area (Å²) in [6, 6.07) is 6.33. The molecule has 0 radical (unpaired) electrons. The third-order valence-electron chi connectivity index (χ3n) is 4.05. The van der Waals surface area contributed by atoms with Crippen LogP contribution in [0.15, 0.2) is 61.4 Å². The van der Waals surface area contributed by atoms with Crippen molar-refractivity contribution in [2.45, 2.75) is 6.92 Å². The molecule has 128 valence electrons. The summed E-state index contributed by atoms with van der Waals surface area (Å²) < 4.78 is 14.8. The number of nitrogens with one attached hydrogen (secondary N) is 1. The van der Waals surface area contributed by atoms with Crippen LogP contribution in [0.25, 0.3) is 16.8 Å². The Morgan fingerprint density at radius 2 is 2.04 bits per heavy atom. The largest absolute Gasteiger partial charge is 0.306 e. The lowest BCUT2D eigenvalue weighted by Crippen LogP contribution is -2.14. The Morgan fingerprint density at radius 3 is 2.81 bits per heavy atom. The van der Waals surface area contributed by atoms with Crippen molar-refractivity contribution < 1.29 is 9.18 Å². The number of fused-ring (bicyclic) bond motifs is 1. The molecule has 1 N–H and O–H groups in total. The SMILES string of the molecule is Cc1ccncc1-c1cc(C(=O)Nc2ccc(F)cn2)c2nccn2c1. The molecule has 0 saturated carbocycles. The minimum Gasteiger partial charge on any atom is -0.306 e. The van der Waals surface area contributed by atoms with E-state index in [1.165, 1.54) is 12.1 Å². The molecule has 0 spiro atoms. The molecule has 7 heteroatoms. The topological polar surface area (TPSA) is 72.2 Å². The van der Waals surface area contributed by atoms with Gasteiger partial charge in [-0.25, -0.2) is 14.4 Å². The number of amides is 1. The molecule has 0 saturated heterocycles. The fourth-order valence-corrected chi connectivity index (χ4v) is 2.75. The van der Waals surface area contributed by atoms with Gasteiger partial charge in [-0.3, -0.25) is 9.78 Å². The van der Waals surface area contributed by atoms with Crippen LogP contribution in [-0.2, 0) is 0 Å². The summed E-state index contributed by atoms with van der Waals surface area (Å²) in [5, 5.41) is 2.67. The highest BCUT2D eigenvalue weighted by Gasteiger charge is 2.16. The zero-order chi connectivity index (χ0) is 18.1. The van der Waals surface area contributed by atoms with Gasteiger partial charge in [-0.05, 0) is 36.8 Å². The van der Waals surface area contributed by atoms with E-state index in [9.17, 15) is 9.18 Å². The van der Waals surface area contributed by atoms with E-state index < -0.39 is 5.82 Å². The Kier molecular flexibility index (Phi) is 3.89. The molecule has 6 nitrogen and oxygen atoms in total. The number of carbonyl (C=O) groups is 1. The molecular formula is C19H14FN5O. The predicted molar refractivity (Wildman–Crippen MR) is 95.3 cm³/mol. The zero-order valence-corrected chi connectivity index (χ0v) is 13.8. The molecule has 4 rings (SSSR count). The summed E-state index contributed by atoms with van der Waals surface area (Å²) in [6.45, 7) is 1.98. The van der Waals surface area contributed by atoms with Crippen LogP contribution in [0.4, 0.5) is 10.2 Å². The number of carbonyl (C=O) groups excluding carboxylic acids is 1. The van der Waals surface area contributed by atoms with Crippen LogP contribution in [0, 0.1) is 12.7 Å². The van der Waals surface area contributed by atoms with E-state index in [1.54, 1.807) is 35.3 Å². The first-order valence-electron chi connectivity index (χ1n) is 7.92. The number of aryl methyl sites for hydroxylation is 1. The van der Waals surface area contributed by atoms with Crippen molar-refractivity contribution in [3.63, 3.8) is 0 Å². The van der Waals surface area contributed by atoms with Crippen molar-refractivity contribution >= 4 is 17.4 Å². The number of pyridine rings is 3. The van der Waals surface area contributed by atoms with Crippen molar-refractivity contribution in [3.05, 3.63) is 78.4 Å². The van der Waals surface area contributed by atoms with Gasteiger partial charge in [0.2, 0.25) is 0 Å². The number of nitrogens with zero attached hydrogens (tertiary/aromatic N) is 4. The number of rotatable bonds is 3. The maximum atomic E-state index is 13.0. The number of halogens is 1. The second-order valence-corrected chi connectivity index (χ2v) is 5.81. The normalized spacial score (nSPS) is 10.8. The maximum Gasteiger partial charge on any atom is 0.260 e. The van der Waals surface area contributed by atoms with Gasteiger partial charge in [0.25, 0.3) is 5.91 Å². The molecule has 4 heterocycles. The van der Waals surface area contributed by atoms with Crippen LogP contribution in [0.2, 0.25) is 0 Å². The van der Waals surface area contributed by atoms with Crippen LogP contribution in [0.3, 0.4) is 0 Å². The monoisotopic (exact) mass is 347 g/mol. The van der Waals surface area contributed by atoms with Crippen molar-refractivity contribution in [3.8, 4) is 11.1 Å². The van der Waals surface area contributed by atoms with Gasteiger partial charge in [0.1, 0.15) is 17.3 Å². The van der Waals surface area contributed by atoms with Crippen LogP contribution in [-0.4, -0.2) is 25.3 Å². The number of aromatic nitrogens is 4. The first-order valence-corrected chi connectivity index (χ1v) is 7.92. The molecule has 4 aromatic heterocycles. The molecule has 1 amide bonds. The minimum absolute atomic E-state index is 0.268.